The number of aromatic nitrogens is 3. The molecule has 1 aromatic carbocycles. The highest BCUT2D eigenvalue weighted by molar-refractivity contribution is 5.94. The van der Waals surface area contributed by atoms with Gasteiger partial charge in [0.1, 0.15) is 0 Å². The number of hydrogen-bond acceptors (Lipinski definition) is 4. The number of carbonyl (C=O) groups excluding carboxylic acids is 2. The Morgan fingerprint density at radius 1 is 1.30 bits per heavy atom. The van der Waals surface area contributed by atoms with Crippen molar-refractivity contribution in [2.75, 3.05) is 0 Å². The summed E-state index contributed by atoms with van der Waals surface area (Å²) in [7, 11) is 0. The highest BCUT2D eigenvalue weighted by Gasteiger charge is 2.27. The second-order valence-corrected chi connectivity index (χ2v) is 5.71. The predicted molar refractivity (Wildman–Crippen MR) is 84.4 cm³/mol. The largest absolute Gasteiger partial charge is 0.366 e. The van der Waals surface area contributed by atoms with Crippen molar-refractivity contribution in [1.29, 1.82) is 0 Å². The van der Waals surface area contributed by atoms with Gasteiger partial charge in [-0.05, 0) is 43.5 Å². The maximum atomic E-state index is 12.3. The average molecular weight is 313 g/mol. The Kier molecular flexibility index (Phi) is 4.10. The molecule has 7 nitrogen and oxygen atoms in total. The summed E-state index contributed by atoms with van der Waals surface area (Å²) in [4.78, 5) is 23.4. The molecule has 3 rings (SSSR count). The van der Waals surface area contributed by atoms with Crippen LogP contribution in [0, 0.1) is 0 Å². The maximum Gasteiger partial charge on any atom is 0.273 e. The molecule has 0 bridgehead atoms. The van der Waals surface area contributed by atoms with Crippen molar-refractivity contribution >= 4 is 11.8 Å². The molecule has 7 heteroatoms. The molecule has 2 amide bonds. The van der Waals surface area contributed by atoms with Gasteiger partial charge >= 0.3 is 0 Å². The number of primary amides is 1. The first-order chi connectivity index (χ1) is 11.1. The van der Waals surface area contributed by atoms with Crippen LogP contribution in [0.5, 0.6) is 0 Å². The molecule has 1 aliphatic rings. The van der Waals surface area contributed by atoms with Crippen molar-refractivity contribution < 1.29 is 9.59 Å². The Hall–Kier alpha value is -2.70. The van der Waals surface area contributed by atoms with Crippen molar-refractivity contribution in [3.05, 3.63) is 41.2 Å². The average Bonchev–Trinajstić information content (AvgIpc) is 3.25. The fourth-order valence-electron chi connectivity index (χ4n) is 2.39. The summed E-state index contributed by atoms with van der Waals surface area (Å²) in [6.45, 7) is 2.04. The van der Waals surface area contributed by atoms with Crippen LogP contribution in [0.25, 0.3) is 5.69 Å². The SMILES string of the molecule is CCCc1c(C(=O)NC2CC2)nnn1-c1ccc(C(N)=O)cc1. The standard InChI is InChI=1S/C16H19N5O2/c1-2-3-13-14(16(23)18-11-6-7-11)19-20-21(13)12-8-4-10(5-9-12)15(17)22/h4-5,8-9,11H,2-3,6-7H2,1H3,(H2,17,22)(H,18,23). The van der Waals surface area contributed by atoms with Gasteiger partial charge in [-0.2, -0.15) is 0 Å². The molecular formula is C16H19N5O2. The summed E-state index contributed by atoms with van der Waals surface area (Å²) in [6.07, 6.45) is 3.61. The first-order valence-electron chi connectivity index (χ1n) is 7.75. The van der Waals surface area contributed by atoms with Gasteiger partial charge in [0.05, 0.1) is 11.4 Å². The van der Waals surface area contributed by atoms with E-state index in [2.05, 4.69) is 15.6 Å². The van der Waals surface area contributed by atoms with Gasteiger partial charge < -0.3 is 11.1 Å². The van der Waals surface area contributed by atoms with Crippen LogP contribution in [0.15, 0.2) is 24.3 Å². The fraction of sp³-hybridized carbons (Fsp3) is 0.375. The highest BCUT2D eigenvalue weighted by Crippen LogP contribution is 2.21. The van der Waals surface area contributed by atoms with E-state index in [-0.39, 0.29) is 11.9 Å². The Labute approximate surface area is 133 Å². The molecule has 0 radical (unpaired) electrons. The fourth-order valence-corrected chi connectivity index (χ4v) is 2.39. The van der Waals surface area contributed by atoms with Crippen LogP contribution < -0.4 is 11.1 Å². The summed E-state index contributed by atoms with van der Waals surface area (Å²) in [5, 5.41) is 11.1. The van der Waals surface area contributed by atoms with E-state index in [0.717, 1.165) is 30.6 Å². The zero-order chi connectivity index (χ0) is 16.4. The molecule has 120 valence electrons. The molecule has 0 unspecified atom stereocenters. The molecule has 1 fully saturated rings. The van der Waals surface area contributed by atoms with Gasteiger partial charge in [0.15, 0.2) is 5.69 Å². The van der Waals surface area contributed by atoms with Gasteiger partial charge in [-0.1, -0.05) is 18.6 Å². The van der Waals surface area contributed by atoms with Gasteiger partial charge in [-0.3, -0.25) is 9.59 Å². The van der Waals surface area contributed by atoms with Crippen LogP contribution in [0.1, 0.15) is 52.7 Å². The molecule has 23 heavy (non-hydrogen) atoms. The van der Waals surface area contributed by atoms with Crippen molar-refractivity contribution in [1.82, 2.24) is 20.3 Å². The number of benzene rings is 1. The van der Waals surface area contributed by atoms with E-state index in [1.165, 1.54) is 0 Å². The summed E-state index contributed by atoms with van der Waals surface area (Å²) >= 11 is 0. The summed E-state index contributed by atoms with van der Waals surface area (Å²) in [5.41, 5.74) is 7.57. The van der Waals surface area contributed by atoms with Gasteiger partial charge in [-0.15, -0.1) is 5.10 Å². The van der Waals surface area contributed by atoms with Crippen molar-refractivity contribution in [2.24, 2.45) is 5.73 Å². The van der Waals surface area contributed by atoms with E-state index in [1.807, 2.05) is 6.92 Å². The topological polar surface area (TPSA) is 103 Å². The Morgan fingerprint density at radius 3 is 2.57 bits per heavy atom. The zero-order valence-corrected chi connectivity index (χ0v) is 13.0. The van der Waals surface area contributed by atoms with Crippen LogP contribution in [-0.4, -0.2) is 32.9 Å². The van der Waals surface area contributed by atoms with Crippen molar-refractivity contribution in [3.8, 4) is 5.69 Å². The molecular weight excluding hydrogens is 294 g/mol. The maximum absolute atomic E-state index is 12.3. The highest BCUT2D eigenvalue weighted by atomic mass is 16.2. The molecule has 1 heterocycles. The lowest BCUT2D eigenvalue weighted by Crippen LogP contribution is -2.27. The quantitative estimate of drug-likeness (QED) is 0.836. The minimum atomic E-state index is -0.478. The molecule has 0 atom stereocenters. The smallest absolute Gasteiger partial charge is 0.273 e. The molecule has 1 aliphatic carbocycles. The van der Waals surface area contributed by atoms with Gasteiger partial charge in [0.2, 0.25) is 5.91 Å². The number of amides is 2. The van der Waals surface area contributed by atoms with Crippen LogP contribution >= 0.6 is 0 Å². The van der Waals surface area contributed by atoms with E-state index in [0.29, 0.717) is 17.7 Å². The second kappa shape index (κ2) is 6.20. The minimum absolute atomic E-state index is 0.170. The zero-order valence-electron chi connectivity index (χ0n) is 13.0. The molecule has 0 saturated heterocycles. The summed E-state index contributed by atoms with van der Waals surface area (Å²) in [6, 6.07) is 7.04. The Bertz CT molecular complexity index is 731. The number of carbonyl (C=O) groups is 2. The van der Waals surface area contributed by atoms with E-state index in [4.69, 9.17) is 5.73 Å². The van der Waals surface area contributed by atoms with Crippen LogP contribution in [0.4, 0.5) is 0 Å². The lowest BCUT2D eigenvalue weighted by Gasteiger charge is -2.08. The molecule has 0 spiro atoms. The second-order valence-electron chi connectivity index (χ2n) is 5.71. The Balaban J connectivity index is 1.92. The normalized spacial score (nSPS) is 13.8. The van der Waals surface area contributed by atoms with Crippen LogP contribution in [0.3, 0.4) is 0 Å². The molecule has 2 aromatic rings. The van der Waals surface area contributed by atoms with Crippen LogP contribution in [0.2, 0.25) is 0 Å². The number of nitrogens with one attached hydrogen (secondary N) is 1. The third-order valence-corrected chi connectivity index (χ3v) is 3.77. The van der Waals surface area contributed by atoms with Crippen LogP contribution in [-0.2, 0) is 6.42 Å². The van der Waals surface area contributed by atoms with Gasteiger partial charge in [0.25, 0.3) is 5.91 Å². The van der Waals surface area contributed by atoms with E-state index in [1.54, 1.807) is 28.9 Å². The van der Waals surface area contributed by atoms with Gasteiger partial charge in [-0.25, -0.2) is 4.68 Å². The monoisotopic (exact) mass is 313 g/mol. The molecule has 1 saturated carbocycles. The minimum Gasteiger partial charge on any atom is -0.366 e. The third-order valence-electron chi connectivity index (χ3n) is 3.77. The lowest BCUT2D eigenvalue weighted by atomic mass is 10.1. The molecule has 3 N–H and O–H groups in total. The Morgan fingerprint density at radius 2 is 2.00 bits per heavy atom. The molecule has 1 aromatic heterocycles. The number of nitrogens with two attached hydrogens (primary N) is 1. The first kappa shape index (κ1) is 15.2. The van der Waals surface area contributed by atoms with Crippen molar-refractivity contribution in [3.63, 3.8) is 0 Å². The van der Waals surface area contributed by atoms with Crippen molar-refractivity contribution in [2.45, 2.75) is 38.6 Å². The number of nitrogens with zero attached hydrogens (tertiary/aromatic N) is 3. The number of hydrogen-bond donors (Lipinski definition) is 2. The van der Waals surface area contributed by atoms with E-state index < -0.39 is 5.91 Å². The lowest BCUT2D eigenvalue weighted by molar-refractivity contribution is 0.0943. The van der Waals surface area contributed by atoms with Gasteiger partial charge in [0, 0.05) is 11.6 Å². The predicted octanol–water partition coefficient (Wildman–Crippen LogP) is 1.21. The summed E-state index contributed by atoms with van der Waals surface area (Å²) < 4.78 is 1.65. The van der Waals surface area contributed by atoms with E-state index >= 15 is 0 Å². The third kappa shape index (κ3) is 3.23. The molecule has 0 aliphatic heterocycles. The van der Waals surface area contributed by atoms with E-state index in [9.17, 15) is 9.59 Å². The first-order valence-corrected chi connectivity index (χ1v) is 7.75. The summed E-state index contributed by atoms with van der Waals surface area (Å²) in [5.74, 6) is -0.649. The number of rotatable bonds is 6.